The molecule has 8 nitrogen and oxygen atoms in total. The Balaban J connectivity index is 1.62. The van der Waals surface area contributed by atoms with Crippen LogP contribution in [0.1, 0.15) is 39.0 Å². The molecule has 8 heteroatoms. The lowest BCUT2D eigenvalue weighted by Gasteiger charge is -2.26. The number of benzene rings is 2. The van der Waals surface area contributed by atoms with Gasteiger partial charge in [-0.25, -0.2) is 9.78 Å². The molecule has 0 radical (unpaired) electrons. The number of ether oxygens (including phenoxy) is 2. The fourth-order valence-corrected chi connectivity index (χ4v) is 3.49. The number of carbonyl (C=O) groups is 2. The van der Waals surface area contributed by atoms with Crippen LogP contribution >= 0.6 is 0 Å². The molecule has 3 aromatic rings. The van der Waals surface area contributed by atoms with E-state index in [0.717, 1.165) is 27.3 Å². The Morgan fingerprint density at radius 2 is 1.69 bits per heavy atom. The largest absolute Gasteiger partial charge is 0.494 e. The van der Waals surface area contributed by atoms with E-state index in [1.807, 2.05) is 31.2 Å². The number of amides is 1. The monoisotopic (exact) mass is 491 g/mol. The van der Waals surface area contributed by atoms with Gasteiger partial charge in [-0.3, -0.25) is 9.69 Å². The van der Waals surface area contributed by atoms with E-state index in [9.17, 15) is 14.7 Å². The molecule has 0 unspecified atom stereocenters. The number of aromatic nitrogens is 1. The highest BCUT2D eigenvalue weighted by atomic mass is 16.6. The molecule has 36 heavy (non-hydrogen) atoms. The van der Waals surface area contributed by atoms with Gasteiger partial charge in [-0.2, -0.15) is 0 Å². The van der Waals surface area contributed by atoms with Gasteiger partial charge in [0.2, 0.25) is 0 Å². The lowest BCUT2D eigenvalue weighted by molar-refractivity contribution is -0.135. The van der Waals surface area contributed by atoms with Crippen molar-refractivity contribution in [3.63, 3.8) is 0 Å². The van der Waals surface area contributed by atoms with E-state index >= 15 is 0 Å². The van der Waals surface area contributed by atoms with Crippen LogP contribution in [0.5, 0.6) is 5.75 Å². The molecule has 0 aliphatic carbocycles. The third-order valence-corrected chi connectivity index (χ3v) is 5.04. The van der Waals surface area contributed by atoms with Crippen LogP contribution in [0.4, 0.5) is 10.6 Å². The summed E-state index contributed by atoms with van der Waals surface area (Å²) in [6.07, 6.45) is -0.755. The molecular weight excluding hydrogens is 458 g/mol. The number of anilines is 1. The first-order chi connectivity index (χ1) is 17.1. The Morgan fingerprint density at radius 3 is 2.36 bits per heavy atom. The molecule has 1 aromatic heterocycles. The molecule has 2 N–H and O–H groups in total. The number of pyridine rings is 1. The second kappa shape index (κ2) is 12.2. The number of hydrogen-bond acceptors (Lipinski definition) is 6. The standard InChI is InChI=1S/C28H33N3O5/c1-5-35-24-10-6-8-22(16-24)21-14-12-20(13-15-21)17-29-18-23-9-7-11-25(30-23)31(19-26(32)33)27(34)36-28(2,3)4/h6-16,29H,5,17-19H2,1-4H3,(H,32,33). The molecule has 0 bridgehead atoms. The van der Waals surface area contributed by atoms with Gasteiger partial charge in [-0.05, 0) is 68.7 Å². The third kappa shape index (κ3) is 8.09. The quantitative estimate of drug-likeness (QED) is 0.399. The number of carboxylic acid groups (broad SMARTS) is 1. The Morgan fingerprint density at radius 1 is 0.972 bits per heavy atom. The average Bonchev–Trinajstić information content (AvgIpc) is 2.82. The van der Waals surface area contributed by atoms with Crippen LogP contribution < -0.4 is 15.0 Å². The van der Waals surface area contributed by atoms with Crippen molar-refractivity contribution in [2.24, 2.45) is 0 Å². The van der Waals surface area contributed by atoms with Gasteiger partial charge in [-0.1, -0.05) is 42.5 Å². The molecular formula is C28H33N3O5. The predicted octanol–water partition coefficient (Wildman–Crippen LogP) is 5.26. The van der Waals surface area contributed by atoms with Gasteiger partial charge in [0, 0.05) is 13.1 Å². The van der Waals surface area contributed by atoms with Crippen molar-refractivity contribution in [3.8, 4) is 16.9 Å². The van der Waals surface area contributed by atoms with Gasteiger partial charge in [0.25, 0.3) is 0 Å². The van der Waals surface area contributed by atoms with Crippen molar-refractivity contribution in [2.45, 2.75) is 46.4 Å². The molecule has 1 heterocycles. The number of nitrogens with zero attached hydrogens (tertiary/aromatic N) is 2. The maximum atomic E-state index is 12.6. The molecule has 0 aliphatic rings. The van der Waals surface area contributed by atoms with Crippen molar-refractivity contribution in [2.75, 3.05) is 18.1 Å². The van der Waals surface area contributed by atoms with Gasteiger partial charge in [0.05, 0.1) is 12.3 Å². The Labute approximate surface area is 211 Å². The first kappa shape index (κ1) is 26.7. The first-order valence-electron chi connectivity index (χ1n) is 11.9. The maximum absolute atomic E-state index is 12.6. The van der Waals surface area contributed by atoms with Crippen LogP contribution in [0.25, 0.3) is 11.1 Å². The number of hydrogen-bond donors (Lipinski definition) is 2. The molecule has 3 rings (SSSR count). The second-order valence-corrected chi connectivity index (χ2v) is 9.21. The smallest absolute Gasteiger partial charge is 0.416 e. The lowest BCUT2D eigenvalue weighted by atomic mass is 10.0. The normalized spacial score (nSPS) is 11.1. The van der Waals surface area contributed by atoms with E-state index in [0.29, 0.717) is 25.4 Å². The molecule has 0 fully saturated rings. The van der Waals surface area contributed by atoms with E-state index in [2.05, 4.69) is 40.6 Å². The summed E-state index contributed by atoms with van der Waals surface area (Å²) in [6, 6.07) is 21.4. The van der Waals surface area contributed by atoms with E-state index in [1.54, 1.807) is 32.9 Å². The Bertz CT molecular complexity index is 1170. The molecule has 2 aromatic carbocycles. The van der Waals surface area contributed by atoms with E-state index < -0.39 is 24.2 Å². The van der Waals surface area contributed by atoms with Crippen molar-refractivity contribution >= 4 is 17.9 Å². The maximum Gasteiger partial charge on any atom is 0.416 e. The summed E-state index contributed by atoms with van der Waals surface area (Å²) in [4.78, 5) is 29.4. The molecule has 0 saturated carbocycles. The summed E-state index contributed by atoms with van der Waals surface area (Å²) in [5, 5.41) is 12.6. The summed E-state index contributed by atoms with van der Waals surface area (Å²) in [7, 11) is 0. The predicted molar refractivity (Wildman–Crippen MR) is 139 cm³/mol. The van der Waals surface area contributed by atoms with E-state index in [-0.39, 0.29) is 5.82 Å². The van der Waals surface area contributed by atoms with E-state index in [1.165, 1.54) is 0 Å². The van der Waals surface area contributed by atoms with Crippen LogP contribution in [0.15, 0.2) is 66.7 Å². The van der Waals surface area contributed by atoms with Crippen molar-refractivity contribution in [3.05, 3.63) is 78.0 Å². The van der Waals surface area contributed by atoms with Crippen molar-refractivity contribution in [1.82, 2.24) is 10.3 Å². The number of aliphatic carboxylic acids is 1. The minimum atomic E-state index is -1.15. The molecule has 1 amide bonds. The van der Waals surface area contributed by atoms with Gasteiger partial charge >= 0.3 is 12.1 Å². The summed E-state index contributed by atoms with van der Waals surface area (Å²) >= 11 is 0. The van der Waals surface area contributed by atoms with Crippen LogP contribution in [0.3, 0.4) is 0 Å². The second-order valence-electron chi connectivity index (χ2n) is 9.21. The molecule has 0 aliphatic heterocycles. The molecule has 0 saturated heterocycles. The SMILES string of the molecule is CCOc1cccc(-c2ccc(CNCc3cccc(N(CC(=O)O)C(=O)OC(C)(C)C)n3)cc2)c1. The molecule has 190 valence electrons. The highest BCUT2D eigenvalue weighted by Crippen LogP contribution is 2.24. The summed E-state index contributed by atoms with van der Waals surface area (Å²) in [6.45, 7) is 8.29. The van der Waals surface area contributed by atoms with Gasteiger partial charge < -0.3 is 19.9 Å². The topological polar surface area (TPSA) is 101 Å². The third-order valence-electron chi connectivity index (χ3n) is 5.04. The van der Waals surface area contributed by atoms with Crippen LogP contribution in [0, 0.1) is 0 Å². The lowest BCUT2D eigenvalue weighted by Crippen LogP contribution is -2.40. The van der Waals surface area contributed by atoms with E-state index in [4.69, 9.17) is 9.47 Å². The Hall–Kier alpha value is -3.91. The number of carbonyl (C=O) groups excluding carboxylic acids is 1. The number of rotatable bonds is 10. The highest BCUT2D eigenvalue weighted by Gasteiger charge is 2.26. The summed E-state index contributed by atoms with van der Waals surface area (Å²) < 4.78 is 10.9. The zero-order valence-corrected chi connectivity index (χ0v) is 21.2. The molecule has 0 spiro atoms. The highest BCUT2D eigenvalue weighted by molar-refractivity contribution is 5.92. The number of nitrogens with one attached hydrogen (secondary N) is 1. The Kier molecular flexibility index (Phi) is 9.02. The van der Waals surface area contributed by atoms with Crippen molar-refractivity contribution in [1.29, 1.82) is 0 Å². The van der Waals surface area contributed by atoms with Crippen LogP contribution in [0.2, 0.25) is 0 Å². The van der Waals surface area contributed by atoms with Gasteiger partial charge in [-0.15, -0.1) is 0 Å². The van der Waals surface area contributed by atoms with Crippen molar-refractivity contribution < 1.29 is 24.2 Å². The van der Waals surface area contributed by atoms with Crippen LogP contribution in [-0.2, 0) is 22.6 Å². The number of carboxylic acids is 1. The van der Waals surface area contributed by atoms with Crippen LogP contribution in [-0.4, -0.2) is 40.9 Å². The molecule has 0 atom stereocenters. The fourth-order valence-electron chi connectivity index (χ4n) is 3.49. The van der Waals surface area contributed by atoms with Gasteiger partial charge in [0.15, 0.2) is 0 Å². The zero-order valence-electron chi connectivity index (χ0n) is 21.2. The zero-order chi connectivity index (χ0) is 26.1. The van der Waals surface area contributed by atoms with Gasteiger partial charge in [0.1, 0.15) is 23.7 Å². The average molecular weight is 492 g/mol. The summed E-state index contributed by atoms with van der Waals surface area (Å²) in [5.41, 5.74) is 3.23. The summed E-state index contributed by atoms with van der Waals surface area (Å²) in [5.74, 6) is -0.0760. The fraction of sp³-hybridized carbons (Fsp3) is 0.321. The minimum Gasteiger partial charge on any atom is -0.494 e. The first-order valence-corrected chi connectivity index (χ1v) is 11.9. The minimum absolute atomic E-state index is 0.226.